The molecule has 1 aliphatic heterocycles. The minimum Gasteiger partial charge on any atom is -0.449 e. The van der Waals surface area contributed by atoms with E-state index in [9.17, 15) is 0 Å². The molecule has 0 amide bonds. The minimum absolute atomic E-state index is 0.127. The summed E-state index contributed by atoms with van der Waals surface area (Å²) in [5, 5.41) is 0. The third-order valence-electron chi connectivity index (χ3n) is 11.8. The molecule has 0 saturated carbocycles. The molecule has 0 N–H and O–H groups in total. The van der Waals surface area contributed by atoms with Crippen LogP contribution in [0.3, 0.4) is 0 Å². The normalized spacial score (nSPS) is 13.0. The van der Waals surface area contributed by atoms with Crippen molar-refractivity contribution in [3.63, 3.8) is 0 Å². The number of fused-ring (bicyclic) bond motifs is 6. The topological polar surface area (TPSA) is 44.2 Å². The molecular formula is C55H38N2O2. The van der Waals surface area contributed by atoms with Gasteiger partial charge in [-0.3, -0.25) is 0 Å². The van der Waals surface area contributed by atoms with E-state index in [1.165, 1.54) is 27.8 Å². The van der Waals surface area contributed by atoms with Crippen LogP contribution in [0.2, 0.25) is 0 Å². The van der Waals surface area contributed by atoms with Gasteiger partial charge in [0, 0.05) is 33.2 Å². The fourth-order valence-electron chi connectivity index (χ4n) is 8.67. The zero-order valence-electron chi connectivity index (χ0n) is 32.7. The van der Waals surface area contributed by atoms with Crippen LogP contribution < -0.4 is 9.47 Å². The van der Waals surface area contributed by atoms with Gasteiger partial charge in [0.1, 0.15) is 0 Å². The van der Waals surface area contributed by atoms with Crippen LogP contribution in [0, 0.1) is 0 Å². The number of hydrogen-bond acceptors (Lipinski definition) is 4. The summed E-state index contributed by atoms with van der Waals surface area (Å²) in [6.07, 6.45) is 0. The highest BCUT2D eigenvalue weighted by atomic mass is 16.6. The highest BCUT2D eigenvalue weighted by Crippen LogP contribution is 2.59. The van der Waals surface area contributed by atoms with Gasteiger partial charge in [-0.05, 0) is 62.7 Å². The molecular weight excluding hydrogens is 721 g/mol. The van der Waals surface area contributed by atoms with Gasteiger partial charge in [-0.15, -0.1) is 0 Å². The van der Waals surface area contributed by atoms with E-state index in [0.717, 1.165) is 67.4 Å². The van der Waals surface area contributed by atoms with Gasteiger partial charge < -0.3 is 9.47 Å². The van der Waals surface area contributed by atoms with Gasteiger partial charge in [-0.2, -0.15) is 0 Å². The molecule has 8 aromatic carbocycles. The van der Waals surface area contributed by atoms with Gasteiger partial charge in [-0.25, -0.2) is 9.97 Å². The van der Waals surface area contributed by atoms with E-state index in [-0.39, 0.29) is 5.41 Å². The SMILES string of the molecule is CC1(C)c2ccccc2-c2c1ccc1c2Oc2cccc(-c3ccc(-c4nc(-c5ccc(-c6ccccc6)cc5)cc(-c5ccc(-c6ccccc6)cc5)n4)cc3)c2O1. The zero-order chi connectivity index (χ0) is 39.5. The van der Waals surface area contributed by atoms with Crippen molar-refractivity contribution in [3.05, 3.63) is 205 Å². The zero-order valence-corrected chi connectivity index (χ0v) is 32.7. The van der Waals surface area contributed by atoms with E-state index in [1.54, 1.807) is 0 Å². The van der Waals surface area contributed by atoms with Crippen molar-refractivity contribution < 1.29 is 9.47 Å². The molecule has 9 aromatic rings. The van der Waals surface area contributed by atoms with Crippen LogP contribution in [0.25, 0.3) is 78.4 Å². The summed E-state index contributed by atoms with van der Waals surface area (Å²) in [5.74, 6) is 3.56. The highest BCUT2D eigenvalue weighted by Gasteiger charge is 2.39. The Balaban J connectivity index is 0.946. The number of aromatic nitrogens is 2. The van der Waals surface area contributed by atoms with E-state index < -0.39 is 0 Å². The molecule has 1 aliphatic carbocycles. The quantitative estimate of drug-likeness (QED) is 0.169. The summed E-state index contributed by atoms with van der Waals surface area (Å²) in [5.41, 5.74) is 16.1. The molecule has 1 aromatic heterocycles. The van der Waals surface area contributed by atoms with Crippen LogP contribution in [-0.2, 0) is 5.41 Å². The molecule has 4 heteroatoms. The first-order valence-corrected chi connectivity index (χ1v) is 20.1. The van der Waals surface area contributed by atoms with Crippen LogP contribution >= 0.6 is 0 Å². The summed E-state index contributed by atoms with van der Waals surface area (Å²) in [7, 11) is 0. The predicted molar refractivity (Wildman–Crippen MR) is 239 cm³/mol. The molecule has 11 rings (SSSR count). The smallest absolute Gasteiger partial charge is 0.178 e. The lowest BCUT2D eigenvalue weighted by Crippen LogP contribution is -2.15. The first-order chi connectivity index (χ1) is 29.0. The third kappa shape index (κ3) is 6.00. The summed E-state index contributed by atoms with van der Waals surface area (Å²) in [4.78, 5) is 10.3. The molecule has 0 saturated heterocycles. The molecule has 0 unspecified atom stereocenters. The fraction of sp³-hybridized carbons (Fsp3) is 0.0545. The van der Waals surface area contributed by atoms with Crippen molar-refractivity contribution in [1.82, 2.24) is 9.97 Å². The van der Waals surface area contributed by atoms with Crippen molar-refractivity contribution in [2.24, 2.45) is 0 Å². The Morgan fingerprint density at radius 1 is 0.356 bits per heavy atom. The average Bonchev–Trinajstić information content (AvgIpc) is 3.54. The van der Waals surface area contributed by atoms with E-state index in [0.29, 0.717) is 17.3 Å². The monoisotopic (exact) mass is 758 g/mol. The molecule has 59 heavy (non-hydrogen) atoms. The van der Waals surface area contributed by atoms with Gasteiger partial charge in [0.05, 0.1) is 11.4 Å². The lowest BCUT2D eigenvalue weighted by Gasteiger charge is -2.26. The first kappa shape index (κ1) is 34.7. The molecule has 280 valence electrons. The number of para-hydroxylation sites is 1. The van der Waals surface area contributed by atoms with Gasteiger partial charge in [0.25, 0.3) is 0 Å². The number of hydrogen-bond donors (Lipinski definition) is 0. The maximum atomic E-state index is 6.76. The Morgan fingerprint density at radius 3 is 1.46 bits per heavy atom. The van der Waals surface area contributed by atoms with Gasteiger partial charge in [0.2, 0.25) is 0 Å². The van der Waals surface area contributed by atoms with Crippen molar-refractivity contribution in [1.29, 1.82) is 0 Å². The van der Waals surface area contributed by atoms with Crippen LogP contribution in [0.1, 0.15) is 25.0 Å². The standard InChI is InChI=1S/C55H38N2O2/c1-55(2)45-18-10-9-16-44(45)51-46(55)32-33-50-53(51)59-49-19-11-17-43(52(49)58-50)39-24-30-42(31-25-39)54-56-47(40-26-20-37(21-27-40)35-12-5-3-6-13-35)34-48(57-54)41-28-22-38(23-29-41)36-14-7-4-8-15-36/h3-34H,1-2H3. The number of rotatable bonds is 6. The largest absolute Gasteiger partial charge is 0.449 e. The molecule has 0 radical (unpaired) electrons. The van der Waals surface area contributed by atoms with Crippen molar-refractivity contribution in [2.75, 3.05) is 0 Å². The molecule has 0 spiro atoms. The fourth-order valence-corrected chi connectivity index (χ4v) is 8.67. The van der Waals surface area contributed by atoms with Crippen LogP contribution in [0.4, 0.5) is 0 Å². The number of ether oxygens (including phenoxy) is 2. The lowest BCUT2D eigenvalue weighted by molar-refractivity contribution is 0.361. The Bertz CT molecular complexity index is 2930. The Morgan fingerprint density at radius 2 is 0.831 bits per heavy atom. The maximum absolute atomic E-state index is 6.76. The molecule has 0 fully saturated rings. The molecule has 0 atom stereocenters. The van der Waals surface area contributed by atoms with Crippen molar-refractivity contribution >= 4 is 0 Å². The second-order valence-corrected chi connectivity index (χ2v) is 15.7. The second kappa shape index (κ2) is 13.8. The Kier molecular flexibility index (Phi) is 8.12. The average molecular weight is 759 g/mol. The van der Waals surface area contributed by atoms with Crippen LogP contribution in [-0.4, -0.2) is 9.97 Å². The lowest BCUT2D eigenvalue weighted by atomic mass is 9.82. The minimum atomic E-state index is -0.127. The van der Waals surface area contributed by atoms with Gasteiger partial charge in [-0.1, -0.05) is 190 Å². The van der Waals surface area contributed by atoms with E-state index in [4.69, 9.17) is 19.4 Å². The summed E-state index contributed by atoms with van der Waals surface area (Å²) in [6.45, 7) is 4.55. The molecule has 4 nitrogen and oxygen atoms in total. The molecule has 2 heterocycles. The predicted octanol–water partition coefficient (Wildman–Crippen LogP) is 14.7. The Labute approximate surface area is 344 Å². The third-order valence-corrected chi connectivity index (χ3v) is 11.8. The van der Waals surface area contributed by atoms with Crippen molar-refractivity contribution in [3.8, 4) is 101 Å². The number of benzene rings is 8. The van der Waals surface area contributed by atoms with Crippen LogP contribution in [0.5, 0.6) is 23.0 Å². The van der Waals surface area contributed by atoms with Crippen LogP contribution in [0.15, 0.2) is 194 Å². The van der Waals surface area contributed by atoms with Crippen molar-refractivity contribution in [2.45, 2.75) is 19.3 Å². The number of nitrogens with zero attached hydrogens (tertiary/aromatic N) is 2. The summed E-state index contributed by atoms with van der Waals surface area (Å²) < 4.78 is 13.5. The van der Waals surface area contributed by atoms with Gasteiger partial charge in [0.15, 0.2) is 28.8 Å². The summed E-state index contributed by atoms with van der Waals surface area (Å²) >= 11 is 0. The maximum Gasteiger partial charge on any atom is 0.178 e. The van der Waals surface area contributed by atoms with E-state index in [2.05, 4.69) is 184 Å². The molecule has 0 bridgehead atoms. The highest BCUT2D eigenvalue weighted by molar-refractivity contribution is 5.89. The Hall–Kier alpha value is -7.56. The second-order valence-electron chi connectivity index (χ2n) is 15.7. The summed E-state index contributed by atoms with van der Waals surface area (Å²) in [6, 6.07) is 67.6. The van der Waals surface area contributed by atoms with E-state index >= 15 is 0 Å². The van der Waals surface area contributed by atoms with Gasteiger partial charge >= 0.3 is 0 Å². The first-order valence-electron chi connectivity index (χ1n) is 20.1. The van der Waals surface area contributed by atoms with E-state index in [1.807, 2.05) is 24.3 Å². The molecule has 2 aliphatic rings.